The quantitative estimate of drug-likeness (QED) is 0.770. The maximum absolute atomic E-state index is 13.4. The van der Waals surface area contributed by atoms with E-state index in [0.29, 0.717) is 40.1 Å². The van der Waals surface area contributed by atoms with Crippen LogP contribution >= 0.6 is 23.2 Å². The van der Waals surface area contributed by atoms with Crippen molar-refractivity contribution in [2.75, 3.05) is 24.6 Å². The summed E-state index contributed by atoms with van der Waals surface area (Å²) in [7, 11) is 0. The third-order valence-electron chi connectivity index (χ3n) is 6.75. The fraction of sp³-hybridized carbons (Fsp3) is 0.545. The lowest BCUT2D eigenvalue weighted by atomic mass is 9.73. The lowest BCUT2D eigenvalue weighted by Gasteiger charge is -2.42. The van der Waals surface area contributed by atoms with Crippen LogP contribution in [0.25, 0.3) is 5.69 Å². The van der Waals surface area contributed by atoms with E-state index in [0.717, 1.165) is 31.7 Å². The van der Waals surface area contributed by atoms with Crippen LogP contribution in [0.5, 0.6) is 0 Å². The Bertz CT molecular complexity index is 1010. The van der Waals surface area contributed by atoms with E-state index < -0.39 is 0 Å². The molecule has 0 radical (unpaired) electrons. The third-order valence-corrected chi connectivity index (χ3v) is 7.56. The minimum Gasteiger partial charge on any atom is -0.376 e. The van der Waals surface area contributed by atoms with Gasteiger partial charge in [0.1, 0.15) is 11.6 Å². The van der Waals surface area contributed by atoms with E-state index >= 15 is 0 Å². The van der Waals surface area contributed by atoms with Crippen molar-refractivity contribution in [1.29, 1.82) is 0 Å². The van der Waals surface area contributed by atoms with E-state index in [9.17, 15) is 4.79 Å². The number of ether oxygens (including phenoxy) is 1. The van der Waals surface area contributed by atoms with Crippen LogP contribution in [-0.4, -0.2) is 41.4 Å². The van der Waals surface area contributed by atoms with E-state index in [4.69, 9.17) is 38.7 Å². The molecular formula is C22H28Cl2N4O2. The summed E-state index contributed by atoms with van der Waals surface area (Å²) in [5.41, 5.74) is 7.63. The summed E-state index contributed by atoms with van der Waals surface area (Å²) in [6.07, 6.45) is 2.55. The van der Waals surface area contributed by atoms with Crippen LogP contribution in [0.4, 0.5) is 5.82 Å². The zero-order chi connectivity index (χ0) is 21.6. The normalized spacial score (nSPS) is 23.3. The number of piperidine rings is 1. The molecule has 2 saturated heterocycles. The average molecular weight is 451 g/mol. The number of benzene rings is 1. The molecule has 1 spiro atoms. The minimum absolute atomic E-state index is 0.0284. The lowest BCUT2D eigenvalue weighted by molar-refractivity contribution is 0.0974. The maximum Gasteiger partial charge on any atom is 0.263 e. The van der Waals surface area contributed by atoms with E-state index in [2.05, 4.69) is 4.90 Å². The van der Waals surface area contributed by atoms with Crippen molar-refractivity contribution in [1.82, 2.24) is 9.55 Å². The van der Waals surface area contributed by atoms with Crippen LogP contribution < -0.4 is 16.2 Å². The first kappa shape index (κ1) is 21.6. The second-order valence-corrected chi connectivity index (χ2v) is 9.20. The second kappa shape index (κ2) is 8.15. The molecule has 2 atom stereocenters. The fourth-order valence-electron chi connectivity index (χ4n) is 4.80. The molecule has 4 rings (SSSR count). The SMILES string of the molecule is CCc1c(N2CCC3(CC2)CO[C@@H](C)[C@H]3N)nc(C)n(-c2cccc(Cl)c2Cl)c1=O. The van der Waals surface area contributed by atoms with Crippen molar-refractivity contribution in [3.8, 4) is 5.69 Å². The molecule has 1 aromatic carbocycles. The summed E-state index contributed by atoms with van der Waals surface area (Å²) in [5.74, 6) is 1.36. The monoisotopic (exact) mass is 450 g/mol. The van der Waals surface area contributed by atoms with Crippen LogP contribution in [0.3, 0.4) is 0 Å². The Kier molecular flexibility index (Phi) is 5.88. The smallest absolute Gasteiger partial charge is 0.263 e. The van der Waals surface area contributed by atoms with Crippen LogP contribution in [0, 0.1) is 12.3 Å². The third kappa shape index (κ3) is 3.44. The summed E-state index contributed by atoms with van der Waals surface area (Å²) in [4.78, 5) is 20.5. The fourth-order valence-corrected chi connectivity index (χ4v) is 5.18. The Morgan fingerprint density at radius 1 is 1.30 bits per heavy atom. The molecule has 30 heavy (non-hydrogen) atoms. The van der Waals surface area contributed by atoms with Crippen LogP contribution in [0.2, 0.25) is 10.0 Å². The number of anilines is 1. The van der Waals surface area contributed by atoms with Gasteiger partial charge in [-0.25, -0.2) is 4.98 Å². The Morgan fingerprint density at radius 3 is 2.60 bits per heavy atom. The van der Waals surface area contributed by atoms with E-state index in [-0.39, 0.29) is 23.1 Å². The molecule has 2 aromatic rings. The van der Waals surface area contributed by atoms with Gasteiger partial charge >= 0.3 is 0 Å². The highest BCUT2D eigenvalue weighted by molar-refractivity contribution is 6.43. The van der Waals surface area contributed by atoms with Gasteiger partial charge in [-0.1, -0.05) is 36.2 Å². The van der Waals surface area contributed by atoms with Gasteiger partial charge in [0.05, 0.1) is 34.0 Å². The second-order valence-electron chi connectivity index (χ2n) is 8.42. The summed E-state index contributed by atoms with van der Waals surface area (Å²) in [6.45, 7) is 8.19. The van der Waals surface area contributed by atoms with Gasteiger partial charge in [0.25, 0.3) is 5.56 Å². The van der Waals surface area contributed by atoms with Gasteiger partial charge in [0, 0.05) is 24.5 Å². The van der Waals surface area contributed by atoms with E-state index in [1.54, 1.807) is 22.8 Å². The van der Waals surface area contributed by atoms with Crippen LogP contribution in [-0.2, 0) is 11.2 Å². The molecule has 2 aliphatic heterocycles. The number of hydrogen-bond donors (Lipinski definition) is 1. The lowest BCUT2D eigenvalue weighted by Crippen LogP contribution is -2.51. The van der Waals surface area contributed by atoms with Crippen molar-refractivity contribution in [3.63, 3.8) is 0 Å². The molecule has 2 N–H and O–H groups in total. The van der Waals surface area contributed by atoms with Crippen molar-refractivity contribution in [3.05, 3.63) is 50.0 Å². The molecular weight excluding hydrogens is 423 g/mol. The van der Waals surface area contributed by atoms with Gasteiger partial charge in [-0.2, -0.15) is 0 Å². The van der Waals surface area contributed by atoms with Crippen LogP contribution in [0.15, 0.2) is 23.0 Å². The first-order valence-electron chi connectivity index (χ1n) is 10.5. The van der Waals surface area contributed by atoms with Gasteiger partial charge in [-0.3, -0.25) is 9.36 Å². The molecule has 0 amide bonds. The zero-order valence-electron chi connectivity index (χ0n) is 17.6. The largest absolute Gasteiger partial charge is 0.376 e. The van der Waals surface area contributed by atoms with E-state index in [1.807, 2.05) is 20.8 Å². The topological polar surface area (TPSA) is 73.4 Å². The van der Waals surface area contributed by atoms with Crippen molar-refractivity contribution in [2.24, 2.45) is 11.1 Å². The average Bonchev–Trinajstić information content (AvgIpc) is 3.00. The molecule has 0 aliphatic carbocycles. The van der Waals surface area contributed by atoms with Crippen LogP contribution in [0.1, 0.15) is 38.1 Å². The highest BCUT2D eigenvalue weighted by atomic mass is 35.5. The molecule has 8 heteroatoms. The van der Waals surface area contributed by atoms with Gasteiger partial charge in [-0.05, 0) is 45.2 Å². The minimum atomic E-state index is -0.0982. The molecule has 3 heterocycles. The molecule has 0 unspecified atom stereocenters. The Balaban J connectivity index is 1.69. The van der Waals surface area contributed by atoms with E-state index in [1.165, 1.54) is 0 Å². The van der Waals surface area contributed by atoms with Crippen molar-refractivity contribution in [2.45, 2.75) is 52.2 Å². The Hall–Kier alpha value is -1.60. The summed E-state index contributed by atoms with van der Waals surface area (Å²) < 4.78 is 7.39. The highest BCUT2D eigenvalue weighted by Gasteiger charge is 2.47. The van der Waals surface area contributed by atoms with Crippen molar-refractivity contribution < 1.29 is 4.74 Å². The molecule has 1 aromatic heterocycles. The number of halogens is 2. The highest BCUT2D eigenvalue weighted by Crippen LogP contribution is 2.42. The number of aromatic nitrogens is 2. The van der Waals surface area contributed by atoms with Gasteiger partial charge in [-0.15, -0.1) is 0 Å². The molecule has 2 fully saturated rings. The predicted molar refractivity (Wildman–Crippen MR) is 121 cm³/mol. The zero-order valence-corrected chi connectivity index (χ0v) is 19.1. The summed E-state index contributed by atoms with van der Waals surface area (Å²) in [6, 6.07) is 5.33. The number of nitrogens with zero attached hydrogens (tertiary/aromatic N) is 3. The van der Waals surface area contributed by atoms with Gasteiger partial charge in [0.15, 0.2) is 0 Å². The molecule has 0 saturated carbocycles. The molecule has 6 nitrogen and oxygen atoms in total. The van der Waals surface area contributed by atoms with Gasteiger partial charge in [0.2, 0.25) is 0 Å². The van der Waals surface area contributed by atoms with Crippen molar-refractivity contribution >= 4 is 29.0 Å². The number of aryl methyl sites for hydroxylation is 1. The number of hydrogen-bond acceptors (Lipinski definition) is 5. The number of nitrogens with two attached hydrogens (primary N) is 1. The standard InChI is InChI=1S/C22H28Cl2N4O2/c1-4-15-20(27-10-8-22(9-11-27)12-30-13(2)19(22)25)26-14(3)28(21(15)29)17-7-5-6-16(23)18(17)24/h5-7,13,19H,4,8-12,25H2,1-3H3/t13-,19+/m0/s1. The Labute approximate surface area is 186 Å². The summed E-state index contributed by atoms with van der Waals surface area (Å²) >= 11 is 12.6. The molecule has 162 valence electrons. The first-order valence-corrected chi connectivity index (χ1v) is 11.2. The first-order chi connectivity index (χ1) is 14.3. The predicted octanol–water partition coefficient (Wildman–Crippen LogP) is 3.74. The Morgan fingerprint density at radius 2 is 2.00 bits per heavy atom. The number of rotatable bonds is 3. The summed E-state index contributed by atoms with van der Waals surface area (Å²) in [5, 5.41) is 0.762. The molecule has 2 aliphatic rings. The maximum atomic E-state index is 13.4. The van der Waals surface area contributed by atoms with Gasteiger partial charge < -0.3 is 15.4 Å². The molecule has 0 bridgehead atoms.